The Labute approximate surface area is 202 Å². The van der Waals surface area contributed by atoms with Crippen LogP contribution in [0.5, 0.6) is 11.5 Å². The minimum absolute atomic E-state index is 0.0278. The molecule has 7 nitrogen and oxygen atoms in total. The smallest absolute Gasteiger partial charge is 0.294 e. The fourth-order valence-electron chi connectivity index (χ4n) is 4.67. The highest BCUT2D eigenvalue weighted by Crippen LogP contribution is 2.38. The van der Waals surface area contributed by atoms with Crippen LogP contribution in [0.25, 0.3) is 0 Å². The van der Waals surface area contributed by atoms with Gasteiger partial charge in [0.15, 0.2) is 17.3 Å². The van der Waals surface area contributed by atoms with Gasteiger partial charge in [-0.15, -0.1) is 0 Å². The van der Waals surface area contributed by atoms with Gasteiger partial charge in [0.25, 0.3) is 5.91 Å². The van der Waals surface area contributed by atoms with Crippen LogP contribution >= 0.6 is 0 Å². The second-order valence-corrected chi connectivity index (χ2v) is 8.78. The molecule has 0 radical (unpaired) electrons. The number of ether oxygens (including phenoxy) is 2. The number of benzene rings is 2. The molecule has 1 N–H and O–H groups in total. The Morgan fingerprint density at radius 1 is 0.943 bits per heavy atom. The van der Waals surface area contributed by atoms with Crippen LogP contribution < -0.4 is 19.7 Å². The maximum atomic E-state index is 13.8. The van der Waals surface area contributed by atoms with Crippen LogP contribution in [-0.4, -0.2) is 31.1 Å². The molecule has 8 heteroatoms. The minimum Gasteiger partial charge on any atom is -0.486 e. The van der Waals surface area contributed by atoms with Gasteiger partial charge in [0.05, 0.1) is 6.26 Å². The summed E-state index contributed by atoms with van der Waals surface area (Å²) in [7, 11) is 0. The highest BCUT2D eigenvalue weighted by atomic mass is 19.1. The minimum atomic E-state index is -1.06. The predicted octanol–water partition coefficient (Wildman–Crippen LogP) is 5.03. The molecule has 35 heavy (non-hydrogen) atoms. The summed E-state index contributed by atoms with van der Waals surface area (Å²) in [6.45, 7) is 0.815. The first-order valence-electron chi connectivity index (χ1n) is 11.9. The number of nitrogens with one attached hydrogen (secondary N) is 1. The normalized spacial score (nSPS) is 16.4. The average molecular weight is 479 g/mol. The molecule has 3 aromatic rings. The van der Waals surface area contributed by atoms with Gasteiger partial charge in [-0.05, 0) is 54.8 Å². The van der Waals surface area contributed by atoms with Crippen LogP contribution in [0.15, 0.2) is 65.3 Å². The zero-order valence-electron chi connectivity index (χ0n) is 19.2. The Kier molecular flexibility index (Phi) is 6.70. The second-order valence-electron chi connectivity index (χ2n) is 8.78. The molecular formula is C27H27FN2O5. The third-order valence-corrected chi connectivity index (χ3v) is 6.40. The highest BCUT2D eigenvalue weighted by Gasteiger charge is 2.36. The summed E-state index contributed by atoms with van der Waals surface area (Å²) in [6, 6.07) is 12.9. The Bertz CT molecular complexity index is 1170. The molecule has 1 atom stereocenters. The van der Waals surface area contributed by atoms with Crippen molar-refractivity contribution in [1.29, 1.82) is 0 Å². The molecule has 2 heterocycles. The van der Waals surface area contributed by atoms with Crippen molar-refractivity contribution in [1.82, 2.24) is 5.32 Å². The van der Waals surface area contributed by atoms with Crippen molar-refractivity contribution in [3.05, 3.63) is 78.0 Å². The molecular weight excluding hydrogens is 451 g/mol. The van der Waals surface area contributed by atoms with Crippen molar-refractivity contribution in [3.8, 4) is 11.5 Å². The number of hydrogen-bond acceptors (Lipinski definition) is 5. The number of rotatable bonds is 6. The molecule has 1 aromatic heterocycles. The van der Waals surface area contributed by atoms with Crippen molar-refractivity contribution < 1.29 is 27.9 Å². The first-order valence-corrected chi connectivity index (χ1v) is 11.9. The van der Waals surface area contributed by atoms with E-state index in [2.05, 4.69) is 5.32 Å². The van der Waals surface area contributed by atoms with E-state index in [1.165, 1.54) is 35.4 Å². The van der Waals surface area contributed by atoms with Gasteiger partial charge in [-0.1, -0.05) is 31.4 Å². The molecule has 1 saturated carbocycles. The molecule has 2 aromatic carbocycles. The van der Waals surface area contributed by atoms with Crippen molar-refractivity contribution in [2.24, 2.45) is 0 Å². The van der Waals surface area contributed by atoms with Crippen LogP contribution in [0.1, 0.15) is 54.3 Å². The van der Waals surface area contributed by atoms with Gasteiger partial charge >= 0.3 is 0 Å². The number of furan rings is 1. The number of nitrogens with zero attached hydrogens (tertiary/aromatic N) is 1. The number of fused-ring (bicyclic) bond motifs is 1. The Morgan fingerprint density at radius 3 is 2.40 bits per heavy atom. The Morgan fingerprint density at radius 2 is 1.69 bits per heavy atom. The van der Waals surface area contributed by atoms with E-state index in [4.69, 9.17) is 13.9 Å². The predicted molar refractivity (Wildman–Crippen MR) is 127 cm³/mol. The summed E-state index contributed by atoms with van der Waals surface area (Å²) in [5, 5.41) is 3.13. The number of amides is 2. The van der Waals surface area contributed by atoms with E-state index < -0.39 is 17.8 Å². The lowest BCUT2D eigenvalue weighted by Crippen LogP contribution is -2.47. The third kappa shape index (κ3) is 5.01. The molecule has 1 aliphatic carbocycles. The van der Waals surface area contributed by atoms with Crippen molar-refractivity contribution in [3.63, 3.8) is 0 Å². The standard InChI is InChI=1S/C27H27FN2O5/c28-19-10-8-18(9-11-19)25(26(31)29-20-5-2-1-3-6-20)30(27(32)23-7-4-14-33-23)21-12-13-22-24(17-21)35-16-15-34-22/h4,7-14,17,20,25H,1-3,5-6,15-16H2,(H,29,31). The number of hydrogen-bond donors (Lipinski definition) is 1. The zero-order valence-corrected chi connectivity index (χ0v) is 19.2. The van der Waals surface area contributed by atoms with Gasteiger partial charge in [0.2, 0.25) is 5.91 Å². The zero-order chi connectivity index (χ0) is 24.2. The maximum Gasteiger partial charge on any atom is 0.294 e. The molecule has 0 saturated heterocycles. The lowest BCUT2D eigenvalue weighted by molar-refractivity contribution is -0.123. The summed E-state index contributed by atoms with van der Waals surface area (Å²) in [4.78, 5) is 28.9. The van der Waals surface area contributed by atoms with Crippen molar-refractivity contribution in [2.45, 2.75) is 44.2 Å². The Balaban J connectivity index is 1.59. The molecule has 1 aliphatic heterocycles. The van der Waals surface area contributed by atoms with Gasteiger partial charge in [-0.25, -0.2) is 4.39 Å². The van der Waals surface area contributed by atoms with Crippen LogP contribution in [-0.2, 0) is 4.79 Å². The summed E-state index contributed by atoms with van der Waals surface area (Å²) < 4.78 is 30.6. The van der Waals surface area contributed by atoms with E-state index in [0.717, 1.165) is 32.1 Å². The number of carbonyl (C=O) groups is 2. The number of halogens is 1. The SMILES string of the molecule is O=C(NC1CCCCC1)C(c1ccc(F)cc1)N(C(=O)c1ccco1)c1ccc2c(c1)OCCO2. The van der Waals surface area contributed by atoms with Crippen LogP contribution in [0.3, 0.4) is 0 Å². The molecule has 2 aliphatic rings. The van der Waals surface area contributed by atoms with E-state index in [1.54, 1.807) is 30.3 Å². The fraction of sp³-hybridized carbons (Fsp3) is 0.333. The summed E-state index contributed by atoms with van der Waals surface area (Å²) in [6.07, 6.45) is 6.42. The summed E-state index contributed by atoms with van der Waals surface area (Å²) in [5.41, 5.74) is 0.915. The molecule has 182 valence electrons. The Hall–Kier alpha value is -3.81. The van der Waals surface area contributed by atoms with E-state index in [-0.39, 0.29) is 17.7 Å². The van der Waals surface area contributed by atoms with E-state index in [9.17, 15) is 14.0 Å². The largest absolute Gasteiger partial charge is 0.486 e. The molecule has 2 amide bonds. The average Bonchev–Trinajstić information content (AvgIpc) is 3.43. The van der Waals surface area contributed by atoms with Crippen molar-refractivity contribution >= 4 is 17.5 Å². The van der Waals surface area contributed by atoms with Crippen LogP contribution in [0, 0.1) is 5.82 Å². The topological polar surface area (TPSA) is 81.0 Å². The van der Waals surface area contributed by atoms with Gasteiger partial charge < -0.3 is 19.2 Å². The maximum absolute atomic E-state index is 13.8. The van der Waals surface area contributed by atoms with E-state index in [1.807, 2.05) is 0 Å². The first kappa shape index (κ1) is 23.0. The number of carbonyl (C=O) groups excluding carboxylic acids is 2. The lowest BCUT2D eigenvalue weighted by Gasteiger charge is -2.33. The molecule has 1 unspecified atom stereocenters. The quantitative estimate of drug-likeness (QED) is 0.538. The molecule has 0 bridgehead atoms. The fourth-order valence-corrected chi connectivity index (χ4v) is 4.67. The number of anilines is 1. The molecule has 0 spiro atoms. The van der Waals surface area contributed by atoms with E-state index >= 15 is 0 Å². The van der Waals surface area contributed by atoms with Gasteiger partial charge in [0, 0.05) is 17.8 Å². The van der Waals surface area contributed by atoms with Gasteiger partial charge in [-0.3, -0.25) is 14.5 Å². The van der Waals surface area contributed by atoms with Gasteiger partial charge in [0.1, 0.15) is 25.1 Å². The monoisotopic (exact) mass is 478 g/mol. The van der Waals surface area contributed by atoms with Crippen molar-refractivity contribution in [2.75, 3.05) is 18.1 Å². The molecule has 5 rings (SSSR count). The van der Waals surface area contributed by atoms with Crippen LogP contribution in [0.2, 0.25) is 0 Å². The third-order valence-electron chi connectivity index (χ3n) is 6.40. The second kappa shape index (κ2) is 10.2. The summed E-state index contributed by atoms with van der Waals surface area (Å²) in [5.74, 6) is -0.133. The first-order chi connectivity index (χ1) is 17.1. The van der Waals surface area contributed by atoms with Gasteiger partial charge in [-0.2, -0.15) is 0 Å². The lowest BCUT2D eigenvalue weighted by atomic mass is 9.94. The highest BCUT2D eigenvalue weighted by molar-refractivity contribution is 6.08. The molecule has 1 fully saturated rings. The summed E-state index contributed by atoms with van der Waals surface area (Å²) >= 11 is 0. The van der Waals surface area contributed by atoms with Crippen LogP contribution in [0.4, 0.5) is 10.1 Å². The van der Waals surface area contributed by atoms with E-state index in [0.29, 0.717) is 36.0 Å².